The van der Waals surface area contributed by atoms with Crippen molar-refractivity contribution in [3.05, 3.63) is 60.4 Å². The fourth-order valence-corrected chi connectivity index (χ4v) is 2.05. The van der Waals surface area contributed by atoms with Gasteiger partial charge in [0.25, 0.3) is 0 Å². The number of hydrogen-bond donors (Lipinski definition) is 2. The molecule has 0 spiro atoms. The molecule has 1 aromatic carbocycles. The topological polar surface area (TPSA) is 54.3 Å². The number of rotatable bonds is 5. The minimum absolute atomic E-state index is 0.114. The van der Waals surface area contributed by atoms with Crippen molar-refractivity contribution >= 4 is 5.91 Å². The van der Waals surface area contributed by atoms with Crippen LogP contribution in [0.4, 0.5) is 0 Å². The molecule has 2 unspecified atom stereocenters. The van der Waals surface area contributed by atoms with Crippen molar-refractivity contribution in [3.8, 4) is 0 Å². The van der Waals surface area contributed by atoms with E-state index in [0.717, 1.165) is 5.56 Å². The van der Waals surface area contributed by atoms with Crippen molar-refractivity contribution in [1.29, 1.82) is 0 Å². The Morgan fingerprint density at radius 1 is 1.25 bits per heavy atom. The highest BCUT2D eigenvalue weighted by Crippen LogP contribution is 2.19. The maximum atomic E-state index is 12.1. The molecule has 1 aromatic heterocycles. The molecule has 0 aliphatic rings. The minimum atomic E-state index is -1.08. The van der Waals surface area contributed by atoms with E-state index in [1.807, 2.05) is 66.3 Å². The molecule has 4 nitrogen and oxygen atoms in total. The molecule has 2 aromatic rings. The summed E-state index contributed by atoms with van der Waals surface area (Å²) in [5, 5.41) is 13.2. The molecular weight excluding hydrogens is 252 g/mol. The Balaban J connectivity index is 1.96. The van der Waals surface area contributed by atoms with Gasteiger partial charge in [-0.15, -0.1) is 0 Å². The second kappa shape index (κ2) is 5.92. The lowest BCUT2D eigenvalue weighted by Crippen LogP contribution is -2.41. The van der Waals surface area contributed by atoms with Gasteiger partial charge in [0.15, 0.2) is 0 Å². The molecule has 1 amide bonds. The summed E-state index contributed by atoms with van der Waals surface area (Å²) < 4.78 is 1.83. The Morgan fingerprint density at radius 3 is 2.45 bits per heavy atom. The summed E-state index contributed by atoms with van der Waals surface area (Å²) in [6, 6.07) is 12.8. The highest BCUT2D eigenvalue weighted by Gasteiger charge is 2.24. The number of carbonyl (C=O) groups is 1. The minimum Gasteiger partial charge on any atom is -0.384 e. The molecule has 0 aliphatic carbocycles. The van der Waals surface area contributed by atoms with Crippen LogP contribution in [0.3, 0.4) is 0 Å². The van der Waals surface area contributed by atoms with Crippen LogP contribution in [0.25, 0.3) is 0 Å². The number of nitrogens with one attached hydrogen (secondary N) is 1. The first kappa shape index (κ1) is 14.3. The lowest BCUT2D eigenvalue weighted by molar-refractivity contribution is -0.125. The molecule has 4 heteroatoms. The van der Waals surface area contributed by atoms with E-state index in [0.29, 0.717) is 0 Å². The van der Waals surface area contributed by atoms with Gasteiger partial charge in [-0.2, -0.15) is 0 Å². The summed E-state index contributed by atoms with van der Waals surface area (Å²) in [6.45, 7) is 3.71. The van der Waals surface area contributed by atoms with Gasteiger partial charge in [0.1, 0.15) is 11.6 Å². The van der Waals surface area contributed by atoms with Crippen molar-refractivity contribution in [3.63, 3.8) is 0 Å². The van der Waals surface area contributed by atoms with Crippen LogP contribution in [0.2, 0.25) is 0 Å². The van der Waals surface area contributed by atoms with Crippen LogP contribution >= 0.6 is 0 Å². The van der Waals surface area contributed by atoms with Crippen molar-refractivity contribution in [1.82, 2.24) is 9.88 Å². The highest BCUT2D eigenvalue weighted by atomic mass is 16.3. The average molecular weight is 272 g/mol. The van der Waals surface area contributed by atoms with E-state index >= 15 is 0 Å². The lowest BCUT2D eigenvalue weighted by atomic mass is 9.96. The third-order valence-electron chi connectivity index (χ3n) is 3.46. The van der Waals surface area contributed by atoms with E-state index in [4.69, 9.17) is 0 Å². The van der Waals surface area contributed by atoms with Gasteiger partial charge in [0.05, 0.1) is 6.54 Å². The van der Waals surface area contributed by atoms with Crippen LogP contribution in [0.5, 0.6) is 0 Å². The van der Waals surface area contributed by atoms with Gasteiger partial charge >= 0.3 is 0 Å². The predicted molar refractivity (Wildman–Crippen MR) is 78.2 cm³/mol. The first-order valence-electron chi connectivity index (χ1n) is 6.69. The predicted octanol–water partition coefficient (Wildman–Crippen LogP) is 2.07. The second-order valence-corrected chi connectivity index (χ2v) is 5.16. The van der Waals surface area contributed by atoms with Crippen LogP contribution in [-0.4, -0.2) is 22.1 Å². The molecule has 106 valence electrons. The van der Waals surface area contributed by atoms with Crippen molar-refractivity contribution < 1.29 is 9.90 Å². The average Bonchev–Trinajstić information content (AvgIpc) is 2.99. The van der Waals surface area contributed by atoms with Crippen LogP contribution in [0.1, 0.15) is 25.5 Å². The molecule has 0 fully saturated rings. The summed E-state index contributed by atoms with van der Waals surface area (Å²) in [5.74, 6) is -0.114. The Labute approximate surface area is 119 Å². The molecule has 0 radical (unpaired) electrons. The quantitative estimate of drug-likeness (QED) is 0.875. The molecule has 2 rings (SSSR count). The zero-order valence-electron chi connectivity index (χ0n) is 11.8. The van der Waals surface area contributed by atoms with Crippen LogP contribution < -0.4 is 5.32 Å². The maximum absolute atomic E-state index is 12.1. The van der Waals surface area contributed by atoms with Crippen LogP contribution in [-0.2, 0) is 10.4 Å². The summed E-state index contributed by atoms with van der Waals surface area (Å²) in [4.78, 5) is 12.1. The number of benzene rings is 1. The zero-order chi connectivity index (χ0) is 14.6. The van der Waals surface area contributed by atoms with Gasteiger partial charge in [-0.05, 0) is 31.5 Å². The first-order valence-corrected chi connectivity index (χ1v) is 6.69. The Bertz CT molecular complexity index is 547. The van der Waals surface area contributed by atoms with E-state index < -0.39 is 5.60 Å². The number of amides is 1. The number of aliphatic hydroxyl groups is 1. The molecule has 0 bridgehead atoms. The molecule has 2 N–H and O–H groups in total. The van der Waals surface area contributed by atoms with Gasteiger partial charge < -0.3 is 15.0 Å². The summed E-state index contributed by atoms with van der Waals surface area (Å²) in [6.07, 6.45) is 3.69. The van der Waals surface area contributed by atoms with Gasteiger partial charge in [-0.1, -0.05) is 30.3 Å². The number of nitrogens with zero attached hydrogens (tertiary/aromatic N) is 1. The molecule has 20 heavy (non-hydrogen) atoms. The highest BCUT2D eigenvalue weighted by molar-refractivity contribution is 5.80. The smallest absolute Gasteiger partial charge is 0.242 e. The Morgan fingerprint density at radius 2 is 1.85 bits per heavy atom. The summed E-state index contributed by atoms with van der Waals surface area (Å²) in [7, 11) is 0. The Hall–Kier alpha value is -2.07. The van der Waals surface area contributed by atoms with Gasteiger partial charge in [-0.25, -0.2) is 0 Å². The van der Waals surface area contributed by atoms with E-state index in [-0.39, 0.29) is 18.5 Å². The van der Waals surface area contributed by atoms with E-state index in [2.05, 4.69) is 5.32 Å². The van der Waals surface area contributed by atoms with Crippen molar-refractivity contribution in [2.75, 3.05) is 6.54 Å². The number of aromatic nitrogens is 1. The fraction of sp³-hybridized carbons (Fsp3) is 0.312. The van der Waals surface area contributed by atoms with Crippen molar-refractivity contribution in [2.24, 2.45) is 0 Å². The lowest BCUT2D eigenvalue weighted by Gasteiger charge is -2.25. The summed E-state index contributed by atoms with van der Waals surface area (Å²) in [5.41, 5.74) is -0.290. The standard InChI is InChI=1S/C16H20N2O2/c1-13(18-10-6-7-11-18)15(19)17-12-16(2,20)14-8-4-3-5-9-14/h3-11,13,20H,12H2,1-2H3,(H,17,19). The van der Waals surface area contributed by atoms with Crippen LogP contribution in [0.15, 0.2) is 54.9 Å². The number of carbonyl (C=O) groups excluding carboxylic acids is 1. The SMILES string of the molecule is CC(C(=O)NCC(C)(O)c1ccccc1)n1cccc1. The third-order valence-corrected chi connectivity index (χ3v) is 3.46. The molecular formula is C16H20N2O2. The van der Waals surface area contributed by atoms with Gasteiger partial charge in [0, 0.05) is 12.4 Å². The normalized spacial score (nSPS) is 15.3. The molecule has 1 heterocycles. The largest absolute Gasteiger partial charge is 0.384 e. The van der Waals surface area contributed by atoms with Gasteiger partial charge in [-0.3, -0.25) is 4.79 Å². The number of hydrogen-bond acceptors (Lipinski definition) is 2. The van der Waals surface area contributed by atoms with Crippen LogP contribution in [0, 0.1) is 0 Å². The van der Waals surface area contributed by atoms with Gasteiger partial charge in [0.2, 0.25) is 5.91 Å². The molecule has 0 saturated heterocycles. The summed E-state index contributed by atoms with van der Waals surface area (Å²) >= 11 is 0. The monoisotopic (exact) mass is 272 g/mol. The van der Waals surface area contributed by atoms with E-state index in [1.54, 1.807) is 6.92 Å². The van der Waals surface area contributed by atoms with Crippen molar-refractivity contribution in [2.45, 2.75) is 25.5 Å². The van der Waals surface area contributed by atoms with E-state index in [1.165, 1.54) is 0 Å². The molecule has 2 atom stereocenters. The molecule has 0 aliphatic heterocycles. The third kappa shape index (κ3) is 3.27. The molecule has 0 saturated carbocycles. The second-order valence-electron chi connectivity index (χ2n) is 5.16. The Kier molecular flexibility index (Phi) is 4.25. The maximum Gasteiger partial charge on any atom is 0.242 e. The van der Waals surface area contributed by atoms with E-state index in [9.17, 15) is 9.90 Å². The zero-order valence-corrected chi connectivity index (χ0v) is 11.8. The fourth-order valence-electron chi connectivity index (χ4n) is 2.05. The first-order chi connectivity index (χ1) is 9.50.